The van der Waals surface area contributed by atoms with E-state index in [1.54, 1.807) is 23.1 Å². The Morgan fingerprint density at radius 1 is 1.05 bits per heavy atom. The minimum atomic E-state index is -0.462. The monoisotopic (exact) mass is 517 g/mol. The van der Waals surface area contributed by atoms with E-state index in [1.165, 1.54) is 17.7 Å². The summed E-state index contributed by atoms with van der Waals surface area (Å²) in [5.41, 5.74) is 3.76. The van der Waals surface area contributed by atoms with E-state index in [-0.39, 0.29) is 24.1 Å². The zero-order valence-corrected chi connectivity index (χ0v) is 21.5. The van der Waals surface area contributed by atoms with Gasteiger partial charge < -0.3 is 15.0 Å². The van der Waals surface area contributed by atoms with Gasteiger partial charge in [-0.25, -0.2) is 4.39 Å². The molecule has 1 aromatic heterocycles. The third kappa shape index (κ3) is 6.41. The fourth-order valence-electron chi connectivity index (χ4n) is 4.91. The van der Waals surface area contributed by atoms with Gasteiger partial charge in [-0.15, -0.1) is 5.10 Å². The summed E-state index contributed by atoms with van der Waals surface area (Å²) in [5, 5.41) is 11.1. The smallest absolute Gasteiger partial charge is 0.231 e. The van der Waals surface area contributed by atoms with Crippen molar-refractivity contribution in [3.8, 4) is 0 Å². The summed E-state index contributed by atoms with van der Waals surface area (Å²) >= 11 is 0. The minimum Gasteiger partial charge on any atom is -0.380 e. The van der Waals surface area contributed by atoms with Gasteiger partial charge in [0.2, 0.25) is 11.8 Å². The number of aryl methyl sites for hydroxylation is 2. The Morgan fingerprint density at radius 3 is 2.50 bits per heavy atom. The lowest BCUT2D eigenvalue weighted by Gasteiger charge is -2.23. The molecule has 2 aliphatic rings. The molecule has 1 N–H and O–H groups in total. The summed E-state index contributed by atoms with van der Waals surface area (Å²) in [6, 6.07) is 18.3. The molecule has 0 radical (unpaired) electrons. The first-order chi connectivity index (χ1) is 18.4. The van der Waals surface area contributed by atoms with Crippen LogP contribution in [0.5, 0.6) is 0 Å². The van der Waals surface area contributed by atoms with Gasteiger partial charge in [-0.1, -0.05) is 24.3 Å². The van der Waals surface area contributed by atoms with Crippen molar-refractivity contribution in [3.63, 3.8) is 0 Å². The van der Waals surface area contributed by atoms with E-state index in [0.29, 0.717) is 31.2 Å². The van der Waals surface area contributed by atoms with Crippen molar-refractivity contribution in [2.45, 2.75) is 38.3 Å². The molecule has 9 heteroatoms. The number of carbonyl (C=O) groups excluding carboxylic acids is 2. The molecule has 198 valence electrons. The van der Waals surface area contributed by atoms with E-state index >= 15 is 0 Å². The lowest BCUT2D eigenvalue weighted by atomic mass is 10.1. The average Bonchev–Trinajstić information content (AvgIpc) is 3.60. The van der Waals surface area contributed by atoms with E-state index < -0.39 is 5.92 Å². The van der Waals surface area contributed by atoms with Crippen molar-refractivity contribution >= 4 is 23.3 Å². The first-order valence-electron chi connectivity index (χ1n) is 13.0. The standard InChI is InChI=1S/C29H32FN5O3/c1-34(26-14-15-38-19-26)17-21-5-11-25(12-6-21)35-18-22(16-28(35)36)29(37)31-27-13-10-24(32-33-27)9-4-20-2-7-23(30)8-3-20/h2-3,5-8,10-13,22,26H,4,9,14-19H2,1H3,(H,31,33,37)/t22-,26?/m0/s1. The molecule has 2 atom stereocenters. The maximum absolute atomic E-state index is 13.1. The summed E-state index contributed by atoms with van der Waals surface area (Å²) in [4.78, 5) is 29.5. The highest BCUT2D eigenvalue weighted by Gasteiger charge is 2.35. The zero-order chi connectivity index (χ0) is 26.5. The first-order valence-corrected chi connectivity index (χ1v) is 13.0. The Kier molecular flexibility index (Phi) is 8.05. The van der Waals surface area contributed by atoms with Crippen molar-refractivity contribution in [1.82, 2.24) is 15.1 Å². The van der Waals surface area contributed by atoms with Crippen LogP contribution in [0.4, 0.5) is 15.9 Å². The molecule has 0 saturated carbocycles. The van der Waals surface area contributed by atoms with E-state index in [2.05, 4.69) is 27.5 Å². The number of ether oxygens (including phenoxy) is 1. The van der Waals surface area contributed by atoms with Crippen molar-refractivity contribution in [1.29, 1.82) is 0 Å². The molecule has 2 aromatic carbocycles. The molecule has 1 unspecified atom stereocenters. The predicted molar refractivity (Wildman–Crippen MR) is 142 cm³/mol. The molecule has 8 nitrogen and oxygen atoms in total. The van der Waals surface area contributed by atoms with Gasteiger partial charge in [0.05, 0.1) is 18.2 Å². The van der Waals surface area contributed by atoms with Gasteiger partial charge in [-0.3, -0.25) is 14.5 Å². The lowest BCUT2D eigenvalue weighted by Crippen LogP contribution is -2.31. The minimum absolute atomic E-state index is 0.0691. The van der Waals surface area contributed by atoms with Crippen LogP contribution in [0.1, 0.15) is 29.7 Å². The Labute approximate surface area is 221 Å². The highest BCUT2D eigenvalue weighted by molar-refractivity contribution is 6.03. The summed E-state index contributed by atoms with van der Waals surface area (Å²) in [7, 11) is 2.10. The van der Waals surface area contributed by atoms with Gasteiger partial charge in [0.1, 0.15) is 5.82 Å². The van der Waals surface area contributed by atoms with Crippen molar-refractivity contribution in [3.05, 3.63) is 83.3 Å². The normalized spacial score (nSPS) is 19.3. The molecular weight excluding hydrogens is 485 g/mol. The SMILES string of the molecule is CN(Cc1ccc(N2C[C@@H](C(=O)Nc3ccc(CCc4ccc(F)cc4)nn3)CC2=O)cc1)C1CCOC1. The van der Waals surface area contributed by atoms with Crippen LogP contribution in [0.25, 0.3) is 0 Å². The zero-order valence-electron chi connectivity index (χ0n) is 21.5. The van der Waals surface area contributed by atoms with Crippen molar-refractivity contribution in [2.75, 3.05) is 37.0 Å². The predicted octanol–water partition coefficient (Wildman–Crippen LogP) is 3.61. The maximum atomic E-state index is 13.1. The highest BCUT2D eigenvalue weighted by Crippen LogP contribution is 2.27. The first kappa shape index (κ1) is 25.9. The van der Waals surface area contributed by atoms with Crippen LogP contribution in [-0.2, 0) is 33.7 Å². The highest BCUT2D eigenvalue weighted by atomic mass is 19.1. The molecule has 2 saturated heterocycles. The van der Waals surface area contributed by atoms with E-state index in [0.717, 1.165) is 43.1 Å². The van der Waals surface area contributed by atoms with Crippen LogP contribution in [0.3, 0.4) is 0 Å². The van der Waals surface area contributed by atoms with E-state index in [1.807, 2.05) is 30.3 Å². The van der Waals surface area contributed by atoms with Gasteiger partial charge in [-0.05, 0) is 73.8 Å². The Morgan fingerprint density at radius 2 is 1.82 bits per heavy atom. The number of hydrogen-bond donors (Lipinski definition) is 1. The van der Waals surface area contributed by atoms with E-state index in [4.69, 9.17) is 4.74 Å². The van der Waals surface area contributed by atoms with Gasteiger partial charge in [0.15, 0.2) is 5.82 Å². The fraction of sp³-hybridized carbons (Fsp3) is 0.379. The maximum Gasteiger partial charge on any atom is 0.231 e. The number of likely N-dealkylation sites (N-methyl/N-ethyl adjacent to an activating group) is 1. The molecule has 0 bridgehead atoms. The largest absolute Gasteiger partial charge is 0.380 e. The van der Waals surface area contributed by atoms with Gasteiger partial charge in [0.25, 0.3) is 0 Å². The fourth-order valence-corrected chi connectivity index (χ4v) is 4.91. The molecule has 38 heavy (non-hydrogen) atoms. The third-order valence-corrected chi connectivity index (χ3v) is 7.26. The van der Waals surface area contributed by atoms with Crippen LogP contribution in [0, 0.1) is 11.7 Å². The molecule has 3 heterocycles. The number of benzene rings is 2. The summed E-state index contributed by atoms with van der Waals surface area (Å²) < 4.78 is 18.5. The molecule has 0 aliphatic carbocycles. The number of nitrogens with one attached hydrogen (secondary N) is 1. The van der Waals surface area contributed by atoms with E-state index in [9.17, 15) is 14.0 Å². The second-order valence-corrected chi connectivity index (χ2v) is 10.0. The second kappa shape index (κ2) is 11.8. The number of nitrogens with zero attached hydrogens (tertiary/aromatic N) is 4. The number of rotatable bonds is 9. The summed E-state index contributed by atoms with van der Waals surface area (Å²) in [6.07, 6.45) is 2.58. The number of carbonyl (C=O) groups is 2. The summed E-state index contributed by atoms with van der Waals surface area (Å²) in [6.45, 7) is 2.73. The Bertz CT molecular complexity index is 1240. The summed E-state index contributed by atoms with van der Waals surface area (Å²) in [5.74, 6) is -0.678. The van der Waals surface area contributed by atoms with Crippen LogP contribution < -0.4 is 10.2 Å². The topological polar surface area (TPSA) is 87.7 Å². The molecule has 0 spiro atoms. The molecule has 5 rings (SSSR count). The third-order valence-electron chi connectivity index (χ3n) is 7.26. The Balaban J connectivity index is 1.11. The average molecular weight is 518 g/mol. The number of hydrogen-bond acceptors (Lipinski definition) is 6. The van der Waals surface area contributed by atoms with Crippen LogP contribution in [-0.4, -0.2) is 59.8 Å². The second-order valence-electron chi connectivity index (χ2n) is 10.0. The molecular formula is C29H32FN5O3. The van der Waals surface area contributed by atoms with Gasteiger partial charge in [0, 0.05) is 37.8 Å². The van der Waals surface area contributed by atoms with Gasteiger partial charge >= 0.3 is 0 Å². The molecule has 3 aromatic rings. The number of aromatic nitrogens is 2. The number of anilines is 2. The quantitative estimate of drug-likeness (QED) is 0.467. The van der Waals surface area contributed by atoms with Gasteiger partial charge in [-0.2, -0.15) is 5.10 Å². The molecule has 2 amide bonds. The molecule has 2 aliphatic heterocycles. The van der Waals surface area contributed by atoms with Crippen LogP contribution in [0.15, 0.2) is 60.7 Å². The van der Waals surface area contributed by atoms with Crippen LogP contribution >= 0.6 is 0 Å². The van der Waals surface area contributed by atoms with Crippen molar-refractivity contribution in [2.24, 2.45) is 5.92 Å². The Hall–Kier alpha value is -3.69. The number of halogens is 1. The lowest BCUT2D eigenvalue weighted by molar-refractivity contribution is -0.122. The van der Waals surface area contributed by atoms with Crippen LogP contribution in [0.2, 0.25) is 0 Å². The number of amides is 2. The molecule has 2 fully saturated rings. The van der Waals surface area contributed by atoms with Crippen molar-refractivity contribution < 1.29 is 18.7 Å².